The predicted octanol–water partition coefficient (Wildman–Crippen LogP) is 1.60. The number of halogens is 1. The Kier molecular flexibility index (Phi) is 1.98. The molecule has 0 N–H and O–H groups in total. The molecule has 0 unspecified atom stereocenters. The van der Waals surface area contributed by atoms with Crippen LogP contribution in [0.5, 0.6) is 0 Å². The molecule has 1 fully saturated rings. The average Bonchev–Trinajstić information content (AvgIpc) is 2.35. The van der Waals surface area contributed by atoms with Crippen LogP contribution in [0.1, 0.15) is 20.3 Å². The fraction of sp³-hybridized carbons (Fsp3) is 1.00. The van der Waals surface area contributed by atoms with Crippen LogP contribution in [0.4, 0.5) is 0 Å². The SMILES string of the molecule is CC(C)[C@@H]1C[C@@H]1S(=O)(=O)Cl. The molecule has 60 valence electrons. The Balaban J connectivity index is 2.55. The van der Waals surface area contributed by atoms with Crippen molar-refractivity contribution in [2.45, 2.75) is 25.5 Å². The molecule has 0 aromatic carbocycles. The van der Waals surface area contributed by atoms with E-state index in [-0.39, 0.29) is 5.25 Å². The minimum Gasteiger partial charge on any atom is -0.212 e. The standard InChI is InChI=1S/C6H11ClO2S/c1-4(2)5-3-6(5)10(7,8)9/h4-6H,3H2,1-2H3/t5-,6-/m0/s1. The molecule has 0 amide bonds. The van der Waals surface area contributed by atoms with Gasteiger partial charge in [0.05, 0.1) is 5.25 Å². The Labute approximate surface area is 66.0 Å². The Bertz CT molecular complexity index is 220. The number of hydrogen-bond donors (Lipinski definition) is 0. The molecule has 0 saturated heterocycles. The summed E-state index contributed by atoms with van der Waals surface area (Å²) in [7, 11) is 1.89. The van der Waals surface area contributed by atoms with Crippen molar-refractivity contribution in [1.29, 1.82) is 0 Å². The van der Waals surface area contributed by atoms with Crippen LogP contribution in [0.2, 0.25) is 0 Å². The van der Waals surface area contributed by atoms with E-state index in [1.165, 1.54) is 0 Å². The van der Waals surface area contributed by atoms with E-state index in [0.717, 1.165) is 6.42 Å². The van der Waals surface area contributed by atoms with E-state index in [0.29, 0.717) is 11.8 Å². The lowest BCUT2D eigenvalue weighted by Gasteiger charge is -1.98. The molecule has 0 spiro atoms. The van der Waals surface area contributed by atoms with Gasteiger partial charge in [-0.15, -0.1) is 0 Å². The van der Waals surface area contributed by atoms with Crippen LogP contribution in [0, 0.1) is 11.8 Å². The molecule has 0 radical (unpaired) electrons. The maximum atomic E-state index is 10.7. The van der Waals surface area contributed by atoms with Gasteiger partial charge in [0.25, 0.3) is 0 Å². The highest BCUT2D eigenvalue weighted by atomic mass is 35.7. The fourth-order valence-corrected chi connectivity index (χ4v) is 3.01. The number of rotatable bonds is 2. The summed E-state index contributed by atoms with van der Waals surface area (Å²) in [6.45, 7) is 4.04. The molecule has 10 heavy (non-hydrogen) atoms. The molecular formula is C6H11ClO2S. The quantitative estimate of drug-likeness (QED) is 0.608. The third kappa shape index (κ3) is 1.64. The summed E-state index contributed by atoms with van der Waals surface area (Å²) in [5, 5.41) is -0.255. The van der Waals surface area contributed by atoms with Crippen LogP contribution < -0.4 is 0 Å². The summed E-state index contributed by atoms with van der Waals surface area (Å²) < 4.78 is 21.3. The van der Waals surface area contributed by atoms with Gasteiger partial charge in [-0.3, -0.25) is 0 Å². The summed E-state index contributed by atoms with van der Waals surface area (Å²) in [4.78, 5) is 0. The van der Waals surface area contributed by atoms with E-state index < -0.39 is 9.05 Å². The highest BCUT2D eigenvalue weighted by Crippen LogP contribution is 2.43. The smallest absolute Gasteiger partial charge is 0.212 e. The zero-order chi connectivity index (χ0) is 7.94. The predicted molar refractivity (Wildman–Crippen MR) is 41.5 cm³/mol. The van der Waals surface area contributed by atoms with Crippen molar-refractivity contribution >= 4 is 19.7 Å². The zero-order valence-corrected chi connectivity index (χ0v) is 7.61. The monoisotopic (exact) mass is 182 g/mol. The molecule has 0 bridgehead atoms. The Morgan fingerprint density at radius 3 is 2.10 bits per heavy atom. The van der Waals surface area contributed by atoms with E-state index >= 15 is 0 Å². The molecule has 4 heteroatoms. The molecule has 1 saturated carbocycles. The van der Waals surface area contributed by atoms with Crippen molar-refractivity contribution in [2.75, 3.05) is 0 Å². The third-order valence-corrected chi connectivity index (χ3v) is 3.95. The molecule has 0 aliphatic heterocycles. The highest BCUT2D eigenvalue weighted by Gasteiger charge is 2.47. The van der Waals surface area contributed by atoms with Crippen LogP contribution in [-0.2, 0) is 9.05 Å². The first-order valence-electron chi connectivity index (χ1n) is 3.36. The lowest BCUT2D eigenvalue weighted by atomic mass is 10.1. The van der Waals surface area contributed by atoms with Gasteiger partial charge in [0.2, 0.25) is 9.05 Å². The van der Waals surface area contributed by atoms with Crippen molar-refractivity contribution < 1.29 is 8.42 Å². The third-order valence-electron chi connectivity index (χ3n) is 2.00. The maximum Gasteiger partial charge on any atom is 0.235 e. The minimum atomic E-state index is -3.25. The van der Waals surface area contributed by atoms with E-state index in [4.69, 9.17) is 10.7 Å². The summed E-state index contributed by atoms with van der Waals surface area (Å²) in [6, 6.07) is 0. The van der Waals surface area contributed by atoms with Crippen molar-refractivity contribution in [1.82, 2.24) is 0 Å². The van der Waals surface area contributed by atoms with E-state index in [9.17, 15) is 8.42 Å². The van der Waals surface area contributed by atoms with Crippen LogP contribution in [0.15, 0.2) is 0 Å². The Morgan fingerprint density at radius 2 is 2.00 bits per heavy atom. The van der Waals surface area contributed by atoms with Crippen molar-refractivity contribution in [3.8, 4) is 0 Å². The molecule has 0 aromatic heterocycles. The lowest BCUT2D eigenvalue weighted by Crippen LogP contribution is -2.03. The second-order valence-corrected chi connectivity index (χ2v) is 6.00. The second kappa shape index (κ2) is 2.38. The van der Waals surface area contributed by atoms with E-state index in [1.54, 1.807) is 0 Å². The largest absolute Gasteiger partial charge is 0.235 e. The summed E-state index contributed by atoms with van der Waals surface area (Å²) >= 11 is 0. The molecule has 0 heterocycles. The van der Waals surface area contributed by atoms with Gasteiger partial charge in [-0.05, 0) is 18.3 Å². The normalized spacial score (nSPS) is 32.8. The molecular weight excluding hydrogens is 172 g/mol. The van der Waals surface area contributed by atoms with Gasteiger partial charge in [-0.25, -0.2) is 8.42 Å². The van der Waals surface area contributed by atoms with Crippen molar-refractivity contribution in [3.63, 3.8) is 0 Å². The fourth-order valence-electron chi connectivity index (χ4n) is 1.21. The van der Waals surface area contributed by atoms with Crippen molar-refractivity contribution in [2.24, 2.45) is 11.8 Å². The average molecular weight is 183 g/mol. The van der Waals surface area contributed by atoms with Crippen LogP contribution in [0.3, 0.4) is 0 Å². The minimum absolute atomic E-state index is 0.255. The lowest BCUT2D eigenvalue weighted by molar-refractivity contribution is 0.554. The van der Waals surface area contributed by atoms with Crippen LogP contribution in [0.25, 0.3) is 0 Å². The van der Waals surface area contributed by atoms with Gasteiger partial charge in [-0.1, -0.05) is 13.8 Å². The van der Waals surface area contributed by atoms with Crippen molar-refractivity contribution in [3.05, 3.63) is 0 Å². The Hall–Kier alpha value is 0.240. The van der Waals surface area contributed by atoms with Gasteiger partial charge >= 0.3 is 0 Å². The van der Waals surface area contributed by atoms with Gasteiger partial charge in [0.1, 0.15) is 0 Å². The molecule has 2 nitrogen and oxygen atoms in total. The Morgan fingerprint density at radius 1 is 1.50 bits per heavy atom. The first-order valence-corrected chi connectivity index (χ1v) is 5.73. The summed E-state index contributed by atoms with van der Waals surface area (Å²) in [5.74, 6) is 0.751. The van der Waals surface area contributed by atoms with Gasteiger partial charge in [0.15, 0.2) is 0 Å². The summed E-state index contributed by atoms with van der Waals surface area (Å²) in [5.41, 5.74) is 0. The molecule has 1 rings (SSSR count). The van der Waals surface area contributed by atoms with Gasteiger partial charge in [0, 0.05) is 10.7 Å². The van der Waals surface area contributed by atoms with Crippen LogP contribution in [-0.4, -0.2) is 13.7 Å². The van der Waals surface area contributed by atoms with Gasteiger partial charge < -0.3 is 0 Å². The highest BCUT2D eigenvalue weighted by molar-refractivity contribution is 8.14. The first kappa shape index (κ1) is 8.34. The van der Waals surface area contributed by atoms with Crippen LogP contribution >= 0.6 is 10.7 Å². The molecule has 2 atom stereocenters. The van der Waals surface area contributed by atoms with E-state index in [1.807, 2.05) is 13.8 Å². The topological polar surface area (TPSA) is 34.1 Å². The molecule has 0 aromatic rings. The second-order valence-electron chi connectivity index (χ2n) is 3.16. The van der Waals surface area contributed by atoms with Gasteiger partial charge in [-0.2, -0.15) is 0 Å². The molecule has 1 aliphatic rings. The summed E-state index contributed by atoms with van der Waals surface area (Å²) in [6.07, 6.45) is 0.753. The first-order chi connectivity index (χ1) is 4.43. The van der Waals surface area contributed by atoms with E-state index in [2.05, 4.69) is 0 Å². The maximum absolute atomic E-state index is 10.7. The molecule has 1 aliphatic carbocycles. The number of hydrogen-bond acceptors (Lipinski definition) is 2. The zero-order valence-electron chi connectivity index (χ0n) is 6.04.